The van der Waals surface area contributed by atoms with E-state index in [0.717, 1.165) is 22.9 Å². The van der Waals surface area contributed by atoms with Gasteiger partial charge in [-0.1, -0.05) is 37.6 Å². The number of carbonyl (C=O) groups is 2. The molecule has 0 aliphatic heterocycles. The van der Waals surface area contributed by atoms with Crippen molar-refractivity contribution >= 4 is 39.6 Å². The minimum Gasteiger partial charge on any atom is -0.493 e. The predicted octanol–water partition coefficient (Wildman–Crippen LogP) is 4.35. The number of benzene rings is 2. The zero-order valence-electron chi connectivity index (χ0n) is 15.9. The first-order valence-electron chi connectivity index (χ1n) is 9.13. The van der Waals surface area contributed by atoms with Crippen molar-refractivity contribution in [3.05, 3.63) is 58.6 Å². The Morgan fingerprint density at radius 1 is 1.14 bits per heavy atom. The number of hydrogen-bond acceptors (Lipinski definition) is 4. The zero-order valence-corrected chi connectivity index (χ0v) is 17.5. The molecule has 2 rings (SSSR count). The Balaban J connectivity index is 1.92. The van der Waals surface area contributed by atoms with Crippen molar-refractivity contribution in [1.29, 1.82) is 0 Å². The van der Waals surface area contributed by atoms with Gasteiger partial charge in [0.05, 0.1) is 18.5 Å². The molecule has 0 aliphatic rings. The summed E-state index contributed by atoms with van der Waals surface area (Å²) >= 11 is 3.36. The van der Waals surface area contributed by atoms with Gasteiger partial charge >= 0.3 is 0 Å². The molecule has 0 saturated carbocycles. The average Bonchev–Trinajstić information content (AvgIpc) is 2.70. The monoisotopic (exact) mass is 445 g/mol. The largest absolute Gasteiger partial charge is 0.493 e. The van der Waals surface area contributed by atoms with E-state index in [9.17, 15) is 9.59 Å². The van der Waals surface area contributed by atoms with Crippen LogP contribution in [0.5, 0.6) is 5.75 Å². The van der Waals surface area contributed by atoms with E-state index in [1.54, 1.807) is 12.1 Å². The van der Waals surface area contributed by atoms with Gasteiger partial charge in [-0.25, -0.2) is 5.43 Å². The lowest BCUT2D eigenvalue weighted by molar-refractivity contribution is -0.131. The second-order valence-corrected chi connectivity index (χ2v) is 7.02. The second-order valence-electron chi connectivity index (χ2n) is 6.16. The fourth-order valence-corrected chi connectivity index (χ4v) is 2.61. The van der Waals surface area contributed by atoms with Crippen LogP contribution in [-0.4, -0.2) is 24.6 Å². The van der Waals surface area contributed by atoms with Crippen LogP contribution >= 0.6 is 15.9 Å². The Bertz CT molecular complexity index is 839. The minimum atomic E-state index is -0.902. The van der Waals surface area contributed by atoms with Gasteiger partial charge in [-0.3, -0.25) is 9.59 Å². The number of amides is 2. The summed E-state index contributed by atoms with van der Waals surface area (Å²) in [7, 11) is 0. The normalized spacial score (nSPS) is 11.8. The molecule has 7 heteroatoms. The summed E-state index contributed by atoms with van der Waals surface area (Å²) in [4.78, 5) is 24.5. The predicted molar refractivity (Wildman–Crippen MR) is 115 cm³/mol. The Morgan fingerprint density at radius 3 is 2.61 bits per heavy atom. The maximum Gasteiger partial charge on any atom is 0.252 e. The van der Waals surface area contributed by atoms with Crippen LogP contribution in [0.15, 0.2) is 58.1 Å². The number of carbonyl (C=O) groups excluding carboxylic acids is 2. The number of ether oxygens (including phenoxy) is 1. The van der Waals surface area contributed by atoms with Gasteiger partial charge in [0.25, 0.3) is 5.91 Å². The van der Waals surface area contributed by atoms with E-state index in [1.807, 2.05) is 36.4 Å². The van der Waals surface area contributed by atoms with Crippen molar-refractivity contribution in [2.75, 3.05) is 11.9 Å². The van der Waals surface area contributed by atoms with Gasteiger partial charge in [0, 0.05) is 10.0 Å². The number of nitrogens with one attached hydrogen (secondary N) is 2. The number of halogens is 1. The molecule has 0 bridgehead atoms. The molecule has 148 valence electrons. The SMILES string of the molecule is CCCCOc1ccccc1C=NNC(=O)C(C)C(=O)Nc1ccccc1Br. The zero-order chi connectivity index (χ0) is 20.4. The first-order valence-corrected chi connectivity index (χ1v) is 9.92. The van der Waals surface area contributed by atoms with E-state index in [1.165, 1.54) is 13.1 Å². The standard InChI is InChI=1S/C21H24BrN3O3/c1-3-4-13-28-19-12-8-5-9-16(19)14-23-25-21(27)15(2)20(26)24-18-11-7-6-10-17(18)22/h5-12,14-15H,3-4,13H2,1-2H3,(H,24,26)(H,25,27). The van der Waals surface area contributed by atoms with Crippen LogP contribution in [0.1, 0.15) is 32.3 Å². The summed E-state index contributed by atoms with van der Waals surface area (Å²) in [6.45, 7) is 4.25. The van der Waals surface area contributed by atoms with Crippen LogP contribution in [0.3, 0.4) is 0 Å². The molecule has 0 aliphatic carbocycles. The van der Waals surface area contributed by atoms with E-state index in [4.69, 9.17) is 4.74 Å². The lowest BCUT2D eigenvalue weighted by atomic mass is 10.1. The summed E-state index contributed by atoms with van der Waals surface area (Å²) in [6.07, 6.45) is 3.52. The Morgan fingerprint density at radius 2 is 1.86 bits per heavy atom. The molecule has 0 fully saturated rings. The van der Waals surface area contributed by atoms with Crippen molar-refractivity contribution in [2.24, 2.45) is 11.0 Å². The van der Waals surface area contributed by atoms with Crippen LogP contribution in [-0.2, 0) is 9.59 Å². The summed E-state index contributed by atoms with van der Waals surface area (Å²) < 4.78 is 6.47. The molecule has 2 aromatic rings. The molecule has 1 atom stereocenters. The van der Waals surface area contributed by atoms with Gasteiger partial charge in [-0.05, 0) is 53.5 Å². The third kappa shape index (κ3) is 6.49. The van der Waals surface area contributed by atoms with Crippen molar-refractivity contribution in [3.63, 3.8) is 0 Å². The highest BCUT2D eigenvalue weighted by Gasteiger charge is 2.21. The van der Waals surface area contributed by atoms with Gasteiger partial charge in [-0.2, -0.15) is 5.10 Å². The maximum absolute atomic E-state index is 12.3. The lowest BCUT2D eigenvalue weighted by Crippen LogP contribution is -2.34. The van der Waals surface area contributed by atoms with E-state index in [0.29, 0.717) is 18.0 Å². The van der Waals surface area contributed by atoms with Crippen molar-refractivity contribution < 1.29 is 14.3 Å². The number of hydrazone groups is 1. The first-order chi connectivity index (χ1) is 13.5. The number of unbranched alkanes of at least 4 members (excludes halogenated alkanes) is 1. The Kier molecular flexibility index (Phi) is 8.68. The van der Waals surface area contributed by atoms with E-state index in [2.05, 4.69) is 38.7 Å². The number of hydrogen-bond donors (Lipinski definition) is 2. The minimum absolute atomic E-state index is 0.414. The van der Waals surface area contributed by atoms with Gasteiger partial charge in [0.2, 0.25) is 5.91 Å². The van der Waals surface area contributed by atoms with Crippen LogP contribution < -0.4 is 15.5 Å². The lowest BCUT2D eigenvalue weighted by Gasteiger charge is -2.12. The average molecular weight is 446 g/mol. The molecule has 0 spiro atoms. The first kappa shape index (κ1) is 21.6. The highest BCUT2D eigenvalue weighted by Crippen LogP contribution is 2.21. The van der Waals surface area contributed by atoms with Crippen molar-refractivity contribution in [2.45, 2.75) is 26.7 Å². The number of para-hydroxylation sites is 2. The molecule has 0 heterocycles. The van der Waals surface area contributed by atoms with Gasteiger partial charge in [0.15, 0.2) is 0 Å². The molecule has 6 nitrogen and oxygen atoms in total. The van der Waals surface area contributed by atoms with Gasteiger partial charge in [0.1, 0.15) is 11.7 Å². The van der Waals surface area contributed by atoms with Crippen molar-refractivity contribution in [1.82, 2.24) is 5.43 Å². The van der Waals surface area contributed by atoms with E-state index in [-0.39, 0.29) is 0 Å². The van der Waals surface area contributed by atoms with Gasteiger partial charge in [-0.15, -0.1) is 0 Å². The number of anilines is 1. The summed E-state index contributed by atoms with van der Waals surface area (Å²) in [5.41, 5.74) is 3.77. The quantitative estimate of drug-likeness (QED) is 0.260. The molecule has 2 aromatic carbocycles. The van der Waals surface area contributed by atoms with E-state index >= 15 is 0 Å². The number of rotatable bonds is 9. The molecule has 28 heavy (non-hydrogen) atoms. The molecular formula is C21H24BrN3O3. The number of nitrogens with zero attached hydrogens (tertiary/aromatic N) is 1. The molecular weight excluding hydrogens is 422 g/mol. The highest BCUT2D eigenvalue weighted by molar-refractivity contribution is 9.10. The topological polar surface area (TPSA) is 79.8 Å². The Hall–Kier alpha value is -2.67. The maximum atomic E-state index is 12.3. The molecule has 1 unspecified atom stereocenters. The van der Waals surface area contributed by atoms with Gasteiger partial charge < -0.3 is 10.1 Å². The molecule has 2 amide bonds. The highest BCUT2D eigenvalue weighted by atomic mass is 79.9. The van der Waals surface area contributed by atoms with Crippen LogP contribution in [0.2, 0.25) is 0 Å². The molecule has 0 radical (unpaired) electrons. The molecule has 0 saturated heterocycles. The fraction of sp³-hybridized carbons (Fsp3) is 0.286. The van der Waals surface area contributed by atoms with Crippen LogP contribution in [0, 0.1) is 5.92 Å². The Labute approximate surface area is 173 Å². The summed E-state index contributed by atoms with van der Waals surface area (Å²) in [6, 6.07) is 14.6. The fourth-order valence-electron chi connectivity index (χ4n) is 2.23. The summed E-state index contributed by atoms with van der Waals surface area (Å²) in [5, 5.41) is 6.68. The van der Waals surface area contributed by atoms with E-state index < -0.39 is 17.7 Å². The van der Waals surface area contributed by atoms with Crippen LogP contribution in [0.25, 0.3) is 0 Å². The second kappa shape index (κ2) is 11.2. The molecule has 0 aromatic heterocycles. The van der Waals surface area contributed by atoms with Crippen LogP contribution in [0.4, 0.5) is 5.69 Å². The molecule has 2 N–H and O–H groups in total. The van der Waals surface area contributed by atoms with Crippen molar-refractivity contribution in [3.8, 4) is 5.75 Å². The third-order valence-corrected chi connectivity index (χ3v) is 4.66. The smallest absolute Gasteiger partial charge is 0.252 e. The third-order valence-electron chi connectivity index (χ3n) is 3.97. The summed E-state index contributed by atoms with van der Waals surface area (Å²) in [5.74, 6) is -1.11.